The lowest BCUT2D eigenvalue weighted by molar-refractivity contribution is -0.136. The molecule has 5 N–H and O–H groups in total. The van der Waals surface area contributed by atoms with E-state index < -0.39 is 23.9 Å². The van der Waals surface area contributed by atoms with Gasteiger partial charge in [0.2, 0.25) is 5.91 Å². The van der Waals surface area contributed by atoms with Crippen LogP contribution in [0.2, 0.25) is 0 Å². The first-order chi connectivity index (χ1) is 9.91. The molecule has 0 heterocycles. The summed E-state index contributed by atoms with van der Waals surface area (Å²) in [6.07, 6.45) is -0.192. The fourth-order valence-electron chi connectivity index (χ4n) is 1.87. The molecule has 0 aliphatic heterocycles. The molecule has 7 nitrogen and oxygen atoms in total. The monoisotopic (exact) mass is 293 g/mol. The van der Waals surface area contributed by atoms with E-state index in [-0.39, 0.29) is 18.9 Å². The summed E-state index contributed by atoms with van der Waals surface area (Å²) in [7, 11) is 0. The molecule has 3 amide bonds. The number of rotatable bonds is 7. The average molecular weight is 293 g/mol. The SMILES string of the molecule is CC(c1ccccc1)C(NC(=O)NCCC(=O)O)C(N)=O. The number of carboxylic acid groups (broad SMARTS) is 1. The van der Waals surface area contributed by atoms with Gasteiger partial charge in [0, 0.05) is 12.5 Å². The molecule has 2 unspecified atom stereocenters. The smallest absolute Gasteiger partial charge is 0.315 e. The fourth-order valence-corrected chi connectivity index (χ4v) is 1.87. The van der Waals surface area contributed by atoms with Gasteiger partial charge in [-0.25, -0.2) is 4.79 Å². The highest BCUT2D eigenvalue weighted by Gasteiger charge is 2.25. The summed E-state index contributed by atoms with van der Waals surface area (Å²) in [5.41, 5.74) is 6.19. The second kappa shape index (κ2) is 7.88. The minimum Gasteiger partial charge on any atom is -0.481 e. The molecule has 21 heavy (non-hydrogen) atoms. The average Bonchev–Trinajstić information content (AvgIpc) is 2.44. The Balaban J connectivity index is 2.63. The van der Waals surface area contributed by atoms with Crippen LogP contribution in [0.25, 0.3) is 0 Å². The lowest BCUT2D eigenvalue weighted by atomic mass is 9.93. The molecule has 0 aliphatic carbocycles. The highest BCUT2D eigenvalue weighted by Crippen LogP contribution is 2.18. The number of hydrogen-bond donors (Lipinski definition) is 4. The van der Waals surface area contributed by atoms with Gasteiger partial charge in [-0.3, -0.25) is 9.59 Å². The van der Waals surface area contributed by atoms with E-state index in [2.05, 4.69) is 10.6 Å². The van der Waals surface area contributed by atoms with Gasteiger partial charge >= 0.3 is 12.0 Å². The lowest BCUT2D eigenvalue weighted by Gasteiger charge is -2.22. The molecule has 0 fully saturated rings. The van der Waals surface area contributed by atoms with Gasteiger partial charge in [-0.05, 0) is 5.56 Å². The number of nitrogens with one attached hydrogen (secondary N) is 2. The van der Waals surface area contributed by atoms with Crippen molar-refractivity contribution < 1.29 is 19.5 Å². The summed E-state index contributed by atoms with van der Waals surface area (Å²) in [5, 5.41) is 13.3. The van der Waals surface area contributed by atoms with E-state index in [0.29, 0.717) is 0 Å². The number of hydrogen-bond acceptors (Lipinski definition) is 3. The third-order valence-corrected chi connectivity index (χ3v) is 3.04. The van der Waals surface area contributed by atoms with E-state index in [9.17, 15) is 14.4 Å². The van der Waals surface area contributed by atoms with Gasteiger partial charge in [0.1, 0.15) is 6.04 Å². The molecular weight excluding hydrogens is 274 g/mol. The number of amides is 3. The quantitative estimate of drug-likeness (QED) is 0.582. The van der Waals surface area contributed by atoms with Crippen LogP contribution in [0.5, 0.6) is 0 Å². The number of urea groups is 1. The topological polar surface area (TPSA) is 122 Å². The summed E-state index contributed by atoms with van der Waals surface area (Å²) >= 11 is 0. The maximum absolute atomic E-state index is 11.7. The van der Waals surface area contributed by atoms with Crippen LogP contribution in [0.3, 0.4) is 0 Å². The molecule has 114 valence electrons. The minimum atomic E-state index is -1.01. The van der Waals surface area contributed by atoms with Gasteiger partial charge in [-0.15, -0.1) is 0 Å². The molecule has 1 aromatic carbocycles. The van der Waals surface area contributed by atoms with Gasteiger partial charge in [0.05, 0.1) is 6.42 Å². The maximum Gasteiger partial charge on any atom is 0.315 e. The number of carbonyl (C=O) groups is 3. The number of primary amides is 1. The summed E-state index contributed by atoms with van der Waals surface area (Å²) in [6, 6.07) is 7.68. The van der Waals surface area contributed by atoms with Crippen LogP contribution in [-0.4, -0.2) is 35.6 Å². The van der Waals surface area contributed by atoms with Crippen molar-refractivity contribution in [2.45, 2.75) is 25.3 Å². The van der Waals surface area contributed by atoms with Crippen LogP contribution in [0.4, 0.5) is 4.79 Å². The number of nitrogens with two attached hydrogens (primary N) is 1. The Kier molecular flexibility index (Phi) is 6.19. The molecule has 0 aromatic heterocycles. The first-order valence-corrected chi connectivity index (χ1v) is 6.52. The van der Waals surface area contributed by atoms with Crippen molar-refractivity contribution in [1.29, 1.82) is 0 Å². The molecule has 0 bridgehead atoms. The Bertz CT molecular complexity index is 504. The predicted octanol–water partition coefficient (Wildman–Crippen LogP) is 0.418. The first-order valence-electron chi connectivity index (χ1n) is 6.52. The lowest BCUT2D eigenvalue weighted by Crippen LogP contribution is -2.51. The van der Waals surface area contributed by atoms with E-state index >= 15 is 0 Å². The van der Waals surface area contributed by atoms with Crippen molar-refractivity contribution in [1.82, 2.24) is 10.6 Å². The van der Waals surface area contributed by atoms with Crippen LogP contribution < -0.4 is 16.4 Å². The maximum atomic E-state index is 11.7. The first kappa shape index (κ1) is 16.5. The van der Waals surface area contributed by atoms with Crippen LogP contribution in [0.1, 0.15) is 24.8 Å². The third kappa shape index (κ3) is 5.52. The Labute approximate surface area is 122 Å². The number of carboxylic acids is 1. The Morgan fingerprint density at radius 1 is 1.24 bits per heavy atom. The van der Waals surface area contributed by atoms with Crippen molar-refractivity contribution in [3.63, 3.8) is 0 Å². The summed E-state index contributed by atoms with van der Waals surface area (Å²) in [6.45, 7) is 1.76. The van der Waals surface area contributed by atoms with Crippen LogP contribution in [-0.2, 0) is 9.59 Å². The summed E-state index contributed by atoms with van der Waals surface area (Å²) in [5.74, 6) is -1.96. The molecule has 0 spiro atoms. The van der Waals surface area contributed by atoms with Crippen molar-refractivity contribution in [2.75, 3.05) is 6.54 Å². The Morgan fingerprint density at radius 3 is 2.38 bits per heavy atom. The molecule has 1 aromatic rings. The van der Waals surface area contributed by atoms with Gasteiger partial charge in [0.15, 0.2) is 0 Å². The highest BCUT2D eigenvalue weighted by molar-refractivity contribution is 5.86. The second-order valence-electron chi connectivity index (χ2n) is 4.62. The standard InChI is InChI=1S/C14H19N3O4/c1-9(10-5-3-2-4-6-10)12(13(15)20)17-14(21)16-8-7-11(18)19/h2-6,9,12H,7-8H2,1H3,(H2,15,20)(H,18,19)(H2,16,17,21). The van der Waals surface area contributed by atoms with Gasteiger partial charge in [-0.1, -0.05) is 37.3 Å². The summed E-state index contributed by atoms with van der Waals surface area (Å²) < 4.78 is 0. The third-order valence-electron chi connectivity index (χ3n) is 3.04. The molecule has 0 saturated heterocycles. The Hall–Kier alpha value is -2.57. The zero-order valence-corrected chi connectivity index (χ0v) is 11.7. The van der Waals surface area contributed by atoms with E-state index in [1.54, 1.807) is 6.92 Å². The molecule has 7 heteroatoms. The molecule has 0 radical (unpaired) electrons. The van der Waals surface area contributed by atoms with Crippen molar-refractivity contribution in [3.8, 4) is 0 Å². The molecule has 0 aliphatic rings. The molecule has 2 atom stereocenters. The Morgan fingerprint density at radius 2 is 1.86 bits per heavy atom. The van der Waals surface area contributed by atoms with Gasteiger partial charge in [0.25, 0.3) is 0 Å². The van der Waals surface area contributed by atoms with Crippen LogP contribution in [0.15, 0.2) is 30.3 Å². The minimum absolute atomic E-state index is 0.0215. The molecule has 1 rings (SSSR count). The number of carbonyl (C=O) groups excluding carboxylic acids is 2. The van der Waals surface area contributed by atoms with E-state index in [1.807, 2.05) is 30.3 Å². The second-order valence-corrected chi connectivity index (χ2v) is 4.62. The van der Waals surface area contributed by atoms with E-state index in [4.69, 9.17) is 10.8 Å². The normalized spacial score (nSPS) is 13.0. The zero-order chi connectivity index (χ0) is 15.8. The van der Waals surface area contributed by atoms with Crippen molar-refractivity contribution in [2.24, 2.45) is 5.73 Å². The van der Waals surface area contributed by atoms with Gasteiger partial charge in [-0.2, -0.15) is 0 Å². The summed E-state index contributed by atoms with van der Waals surface area (Å²) in [4.78, 5) is 33.5. The zero-order valence-electron chi connectivity index (χ0n) is 11.7. The molecule has 0 saturated carbocycles. The highest BCUT2D eigenvalue weighted by atomic mass is 16.4. The van der Waals surface area contributed by atoms with Crippen molar-refractivity contribution >= 4 is 17.9 Å². The fraction of sp³-hybridized carbons (Fsp3) is 0.357. The molecular formula is C14H19N3O4. The van der Waals surface area contributed by atoms with Crippen LogP contribution >= 0.6 is 0 Å². The van der Waals surface area contributed by atoms with E-state index in [1.165, 1.54) is 0 Å². The largest absolute Gasteiger partial charge is 0.481 e. The van der Waals surface area contributed by atoms with Crippen LogP contribution in [0, 0.1) is 0 Å². The number of benzene rings is 1. The predicted molar refractivity (Wildman–Crippen MR) is 76.6 cm³/mol. The van der Waals surface area contributed by atoms with Gasteiger partial charge < -0.3 is 21.5 Å². The van der Waals surface area contributed by atoms with E-state index in [0.717, 1.165) is 5.56 Å². The number of aliphatic carboxylic acids is 1. The van der Waals surface area contributed by atoms with Crippen molar-refractivity contribution in [3.05, 3.63) is 35.9 Å².